The van der Waals surface area contributed by atoms with E-state index in [4.69, 9.17) is 26.6 Å². The Morgan fingerprint density at radius 1 is 1.59 bits per heavy atom. The first-order valence-corrected chi connectivity index (χ1v) is 5.28. The molecule has 90 valence electrons. The predicted octanol–water partition coefficient (Wildman–Crippen LogP) is 1.43. The molecule has 0 aliphatic rings. The van der Waals surface area contributed by atoms with Gasteiger partial charge in [0.2, 0.25) is 0 Å². The molecule has 0 fully saturated rings. The minimum Gasteiger partial charge on any atom is -0.383 e. The number of ether oxygens (including phenoxy) is 1. The van der Waals surface area contributed by atoms with Gasteiger partial charge in [-0.05, 0) is 6.07 Å². The normalized spacial score (nSPS) is 12.6. The van der Waals surface area contributed by atoms with Crippen molar-refractivity contribution < 1.29 is 9.26 Å². The number of rotatable bonds is 4. The van der Waals surface area contributed by atoms with Crippen LogP contribution >= 0.6 is 11.6 Å². The topological polar surface area (TPSA) is 87.1 Å². The van der Waals surface area contributed by atoms with Crippen LogP contribution in [-0.2, 0) is 4.74 Å². The summed E-state index contributed by atoms with van der Waals surface area (Å²) in [6, 6.07) is 1.28. The molecule has 1 atom stereocenters. The third kappa shape index (κ3) is 2.60. The molecule has 17 heavy (non-hydrogen) atoms. The molecule has 2 heterocycles. The molecule has 7 heteroatoms. The minimum atomic E-state index is -0.418. The van der Waals surface area contributed by atoms with Gasteiger partial charge in [-0.2, -0.15) is 4.98 Å². The van der Waals surface area contributed by atoms with Crippen LogP contribution in [0.3, 0.4) is 0 Å². The Labute approximate surface area is 103 Å². The summed E-state index contributed by atoms with van der Waals surface area (Å²) in [4.78, 5) is 8.04. The average molecular weight is 255 g/mol. The number of methoxy groups -OCH3 is 1. The van der Waals surface area contributed by atoms with E-state index in [1.807, 2.05) is 0 Å². The Kier molecular flexibility index (Phi) is 3.68. The first-order valence-electron chi connectivity index (χ1n) is 4.90. The molecule has 0 saturated heterocycles. The highest BCUT2D eigenvalue weighted by Crippen LogP contribution is 2.25. The lowest BCUT2D eigenvalue weighted by Crippen LogP contribution is -2.17. The summed E-state index contributed by atoms with van der Waals surface area (Å²) in [5, 5.41) is 4.23. The standard InChI is InChI=1S/C10H11ClN4O2/c1-16-5-8(12)9-14-10(17-15-9)6-2-3-13-4-7(6)11/h2-4,8H,5,12H2,1H3. The van der Waals surface area contributed by atoms with Crippen molar-refractivity contribution >= 4 is 11.6 Å². The van der Waals surface area contributed by atoms with Gasteiger partial charge >= 0.3 is 0 Å². The van der Waals surface area contributed by atoms with Crippen LogP contribution in [0, 0.1) is 0 Å². The van der Waals surface area contributed by atoms with Crippen molar-refractivity contribution in [3.8, 4) is 11.5 Å². The van der Waals surface area contributed by atoms with Crippen LogP contribution in [0.4, 0.5) is 0 Å². The molecule has 2 rings (SSSR count). The molecule has 0 bridgehead atoms. The van der Waals surface area contributed by atoms with Gasteiger partial charge in [0.05, 0.1) is 23.2 Å². The van der Waals surface area contributed by atoms with E-state index in [1.54, 1.807) is 19.4 Å². The van der Waals surface area contributed by atoms with E-state index in [-0.39, 0.29) is 0 Å². The molecule has 0 aliphatic carbocycles. The Morgan fingerprint density at radius 2 is 2.41 bits per heavy atom. The third-order valence-corrected chi connectivity index (χ3v) is 2.42. The van der Waals surface area contributed by atoms with Gasteiger partial charge in [-0.3, -0.25) is 4.98 Å². The molecule has 2 aromatic rings. The molecule has 2 aromatic heterocycles. The van der Waals surface area contributed by atoms with E-state index in [9.17, 15) is 0 Å². The Morgan fingerprint density at radius 3 is 3.12 bits per heavy atom. The van der Waals surface area contributed by atoms with Gasteiger partial charge in [0, 0.05) is 19.5 Å². The molecule has 2 N–H and O–H groups in total. The summed E-state index contributed by atoms with van der Waals surface area (Å²) in [5.74, 6) is 0.702. The number of hydrogen-bond acceptors (Lipinski definition) is 6. The van der Waals surface area contributed by atoms with Crippen molar-refractivity contribution in [1.82, 2.24) is 15.1 Å². The maximum Gasteiger partial charge on any atom is 0.259 e. The summed E-state index contributed by atoms with van der Waals surface area (Å²) in [6.45, 7) is 0.322. The molecule has 0 saturated carbocycles. The number of pyridine rings is 1. The second kappa shape index (κ2) is 5.22. The second-order valence-electron chi connectivity index (χ2n) is 3.38. The van der Waals surface area contributed by atoms with E-state index in [0.29, 0.717) is 28.9 Å². The van der Waals surface area contributed by atoms with Crippen molar-refractivity contribution in [3.05, 3.63) is 29.3 Å². The molecule has 1 unspecified atom stereocenters. The van der Waals surface area contributed by atoms with Crippen LogP contribution < -0.4 is 5.73 Å². The highest BCUT2D eigenvalue weighted by Gasteiger charge is 2.16. The second-order valence-corrected chi connectivity index (χ2v) is 3.78. The average Bonchev–Trinajstić information content (AvgIpc) is 2.79. The Bertz CT molecular complexity index is 503. The van der Waals surface area contributed by atoms with Crippen molar-refractivity contribution in [2.75, 3.05) is 13.7 Å². The molecule has 0 spiro atoms. The molecular formula is C10H11ClN4O2. The summed E-state index contributed by atoms with van der Waals surface area (Å²) in [5.41, 5.74) is 6.41. The van der Waals surface area contributed by atoms with Gasteiger partial charge in [0.15, 0.2) is 5.82 Å². The summed E-state index contributed by atoms with van der Waals surface area (Å²) in [7, 11) is 1.56. The lowest BCUT2D eigenvalue weighted by molar-refractivity contribution is 0.177. The number of halogens is 1. The maximum atomic E-state index is 5.96. The first-order chi connectivity index (χ1) is 8.22. The van der Waals surface area contributed by atoms with Crippen molar-refractivity contribution in [2.45, 2.75) is 6.04 Å². The van der Waals surface area contributed by atoms with Crippen LogP contribution in [0.5, 0.6) is 0 Å². The van der Waals surface area contributed by atoms with Gasteiger partial charge in [-0.1, -0.05) is 16.8 Å². The molecule has 0 amide bonds. The van der Waals surface area contributed by atoms with Gasteiger partial charge in [0.25, 0.3) is 5.89 Å². The fourth-order valence-electron chi connectivity index (χ4n) is 1.30. The Balaban J connectivity index is 2.27. The highest BCUT2D eigenvalue weighted by atomic mass is 35.5. The van der Waals surface area contributed by atoms with Gasteiger partial charge in [-0.15, -0.1) is 0 Å². The van der Waals surface area contributed by atoms with E-state index in [0.717, 1.165) is 0 Å². The zero-order valence-electron chi connectivity index (χ0n) is 9.13. The molecule has 0 aliphatic heterocycles. The third-order valence-electron chi connectivity index (χ3n) is 2.12. The minimum absolute atomic E-state index is 0.318. The predicted molar refractivity (Wildman–Crippen MR) is 61.3 cm³/mol. The summed E-state index contributed by atoms with van der Waals surface area (Å²) in [6.07, 6.45) is 3.11. The first kappa shape index (κ1) is 12.0. The van der Waals surface area contributed by atoms with Crippen molar-refractivity contribution in [1.29, 1.82) is 0 Å². The van der Waals surface area contributed by atoms with Crippen LogP contribution in [-0.4, -0.2) is 28.8 Å². The number of aromatic nitrogens is 3. The summed E-state index contributed by atoms with van der Waals surface area (Å²) < 4.78 is 10.0. The molecular weight excluding hydrogens is 244 g/mol. The molecule has 0 aromatic carbocycles. The van der Waals surface area contributed by atoms with Crippen LogP contribution in [0.1, 0.15) is 11.9 Å². The number of hydrogen-bond donors (Lipinski definition) is 1. The van der Waals surface area contributed by atoms with E-state index >= 15 is 0 Å². The van der Waals surface area contributed by atoms with Crippen LogP contribution in [0.25, 0.3) is 11.5 Å². The highest BCUT2D eigenvalue weighted by molar-refractivity contribution is 6.32. The fourth-order valence-corrected chi connectivity index (χ4v) is 1.50. The molecule has 6 nitrogen and oxygen atoms in total. The Hall–Kier alpha value is -1.50. The smallest absolute Gasteiger partial charge is 0.259 e. The van der Waals surface area contributed by atoms with Gasteiger partial charge in [0.1, 0.15) is 0 Å². The number of nitrogens with zero attached hydrogens (tertiary/aromatic N) is 3. The van der Waals surface area contributed by atoms with E-state index < -0.39 is 6.04 Å². The van der Waals surface area contributed by atoms with Crippen LogP contribution in [0.15, 0.2) is 23.0 Å². The van der Waals surface area contributed by atoms with Gasteiger partial charge in [-0.25, -0.2) is 0 Å². The van der Waals surface area contributed by atoms with Crippen LogP contribution in [0.2, 0.25) is 5.02 Å². The van der Waals surface area contributed by atoms with Gasteiger partial charge < -0.3 is 15.0 Å². The zero-order chi connectivity index (χ0) is 12.3. The largest absolute Gasteiger partial charge is 0.383 e. The quantitative estimate of drug-likeness (QED) is 0.888. The lowest BCUT2D eigenvalue weighted by atomic mass is 10.2. The van der Waals surface area contributed by atoms with Crippen molar-refractivity contribution in [2.24, 2.45) is 5.73 Å². The summed E-state index contributed by atoms with van der Waals surface area (Å²) >= 11 is 5.96. The molecule has 0 radical (unpaired) electrons. The van der Waals surface area contributed by atoms with E-state index in [2.05, 4.69) is 15.1 Å². The maximum absolute atomic E-state index is 5.96. The van der Waals surface area contributed by atoms with Crippen molar-refractivity contribution in [3.63, 3.8) is 0 Å². The van der Waals surface area contributed by atoms with E-state index in [1.165, 1.54) is 6.20 Å². The SMILES string of the molecule is COCC(N)c1noc(-c2ccncc2Cl)n1. The lowest BCUT2D eigenvalue weighted by Gasteiger charge is -2.03. The fraction of sp³-hybridized carbons (Fsp3) is 0.300. The number of nitrogens with two attached hydrogens (primary N) is 1. The zero-order valence-corrected chi connectivity index (χ0v) is 9.89. The monoisotopic (exact) mass is 254 g/mol.